The summed E-state index contributed by atoms with van der Waals surface area (Å²) in [5, 5.41) is 1.48. The Bertz CT molecular complexity index is 1440. The van der Waals surface area contributed by atoms with Crippen molar-refractivity contribution in [3.8, 4) is 11.5 Å². The molecule has 5 rings (SSSR count). The molecule has 0 aromatic heterocycles. The van der Waals surface area contributed by atoms with Crippen molar-refractivity contribution in [1.82, 2.24) is 10.4 Å². The Hall–Kier alpha value is -4.26. The first-order valence-corrected chi connectivity index (χ1v) is 14.1. The van der Waals surface area contributed by atoms with E-state index in [1.165, 1.54) is 11.1 Å². The number of hydrazine groups is 1. The molecule has 2 amide bonds. The van der Waals surface area contributed by atoms with Gasteiger partial charge in [-0.1, -0.05) is 24.8 Å². The minimum Gasteiger partial charge on any atom is -0.456 e. The Morgan fingerprint density at radius 2 is 1.38 bits per heavy atom. The van der Waals surface area contributed by atoms with Crippen molar-refractivity contribution in [2.24, 2.45) is 0 Å². The Morgan fingerprint density at radius 3 is 1.85 bits per heavy atom. The summed E-state index contributed by atoms with van der Waals surface area (Å²) < 4.78 is 6.74. The molecule has 40 heavy (non-hydrogen) atoms. The van der Waals surface area contributed by atoms with Gasteiger partial charge in [-0.2, -0.15) is 0 Å². The highest BCUT2D eigenvalue weighted by Crippen LogP contribution is 2.58. The number of hydrogen-bond acceptors (Lipinski definition) is 5. The molecule has 3 aromatic carbocycles. The monoisotopic (exact) mass is 538 g/mol. The first kappa shape index (κ1) is 27.3. The van der Waals surface area contributed by atoms with Gasteiger partial charge in [-0.3, -0.25) is 15.0 Å². The van der Waals surface area contributed by atoms with Gasteiger partial charge in [0.1, 0.15) is 17.0 Å². The Kier molecular flexibility index (Phi) is 7.08. The van der Waals surface area contributed by atoms with Gasteiger partial charge >= 0.3 is 0 Å². The first-order chi connectivity index (χ1) is 19.3. The van der Waals surface area contributed by atoms with Crippen LogP contribution in [-0.4, -0.2) is 43.0 Å². The number of benzene rings is 3. The van der Waals surface area contributed by atoms with Crippen LogP contribution in [0.15, 0.2) is 61.2 Å². The molecule has 0 aliphatic carbocycles. The molecule has 0 fully saturated rings. The van der Waals surface area contributed by atoms with E-state index in [1.54, 1.807) is 0 Å². The van der Waals surface area contributed by atoms with E-state index in [1.807, 2.05) is 24.3 Å². The van der Waals surface area contributed by atoms with Crippen molar-refractivity contribution < 1.29 is 14.3 Å². The normalized spacial score (nSPS) is 14.2. The summed E-state index contributed by atoms with van der Waals surface area (Å²) in [7, 11) is 0. The quantitative estimate of drug-likeness (QED) is 0.353. The molecule has 3 aromatic rings. The number of amides is 2. The highest BCUT2D eigenvalue weighted by molar-refractivity contribution is 6.04. The number of aryl methyl sites for hydroxylation is 2. The lowest BCUT2D eigenvalue weighted by molar-refractivity contribution is -0.121. The second-order valence-electron chi connectivity index (χ2n) is 10.3. The number of carbonyl (C=O) groups is 2. The fourth-order valence-electron chi connectivity index (χ4n) is 6.36. The number of rotatable bonds is 8. The van der Waals surface area contributed by atoms with Crippen LogP contribution in [0, 0.1) is 13.8 Å². The maximum atomic E-state index is 14.1. The van der Waals surface area contributed by atoms with Gasteiger partial charge in [0.15, 0.2) is 0 Å². The third kappa shape index (κ3) is 3.86. The second kappa shape index (κ2) is 10.4. The molecule has 2 aliphatic rings. The van der Waals surface area contributed by atoms with E-state index in [4.69, 9.17) is 4.74 Å². The maximum absolute atomic E-state index is 14.1. The molecule has 0 saturated carbocycles. The van der Waals surface area contributed by atoms with Crippen molar-refractivity contribution in [3.63, 3.8) is 0 Å². The van der Waals surface area contributed by atoms with E-state index in [9.17, 15) is 9.59 Å². The van der Waals surface area contributed by atoms with Gasteiger partial charge in [0, 0.05) is 71.9 Å². The van der Waals surface area contributed by atoms with Gasteiger partial charge in [-0.15, -0.1) is 0 Å². The fraction of sp³-hybridized carbons (Fsp3) is 0.333. The van der Waals surface area contributed by atoms with Crippen LogP contribution < -0.4 is 20.0 Å². The van der Waals surface area contributed by atoms with Crippen molar-refractivity contribution in [2.45, 2.75) is 47.1 Å². The van der Waals surface area contributed by atoms with Crippen molar-refractivity contribution in [1.29, 1.82) is 0 Å². The lowest BCUT2D eigenvalue weighted by atomic mass is 9.74. The fourth-order valence-corrected chi connectivity index (χ4v) is 6.36. The third-order valence-electron chi connectivity index (χ3n) is 8.30. The van der Waals surface area contributed by atoms with Gasteiger partial charge in [0.2, 0.25) is 0 Å². The van der Waals surface area contributed by atoms with Crippen LogP contribution in [0.2, 0.25) is 0 Å². The van der Waals surface area contributed by atoms with Crippen LogP contribution in [0.4, 0.5) is 11.4 Å². The molecular weight excluding hydrogens is 500 g/mol. The number of fused-ring (bicyclic) bond motifs is 6. The largest absolute Gasteiger partial charge is 0.456 e. The Balaban J connectivity index is 1.90. The standard InChI is InChI=1S/C33H38N4O3/c1-8-31(38)34-37-32(39)23-15-13-14-16-24(23)33(37)25-17-21(6)27(35(9-2)10-3)19-29(25)40-30-20-28(36(11-4)12-5)22(7)18-26(30)33/h8,13-20H,1,9-12H2,2-7H3,(H,34,38). The summed E-state index contributed by atoms with van der Waals surface area (Å²) >= 11 is 0. The van der Waals surface area contributed by atoms with E-state index in [-0.39, 0.29) is 5.91 Å². The molecule has 1 spiro atoms. The lowest BCUT2D eigenvalue weighted by Gasteiger charge is -2.44. The number of nitrogens with one attached hydrogen (secondary N) is 1. The molecule has 0 atom stereocenters. The number of anilines is 2. The second-order valence-corrected chi connectivity index (χ2v) is 10.3. The maximum Gasteiger partial charge on any atom is 0.274 e. The predicted molar refractivity (Wildman–Crippen MR) is 160 cm³/mol. The minimum absolute atomic E-state index is 0.277. The van der Waals surface area contributed by atoms with Crippen molar-refractivity contribution in [2.75, 3.05) is 36.0 Å². The molecule has 208 valence electrons. The predicted octanol–water partition coefficient (Wildman–Crippen LogP) is 6.07. The SMILES string of the molecule is C=CC(=O)NN1C(=O)c2ccccc2C12c1cc(C)c(N(CC)CC)cc1Oc1cc(N(CC)CC)c(C)cc12. The Morgan fingerprint density at radius 1 is 0.875 bits per heavy atom. The van der Waals surface area contributed by atoms with Crippen LogP contribution in [0.25, 0.3) is 0 Å². The first-order valence-electron chi connectivity index (χ1n) is 14.1. The molecule has 0 unspecified atom stereocenters. The van der Waals surface area contributed by atoms with Crippen molar-refractivity contribution in [3.05, 3.63) is 94.6 Å². The van der Waals surface area contributed by atoms with E-state index < -0.39 is 11.4 Å². The Labute approximate surface area is 237 Å². The molecule has 2 aliphatic heterocycles. The molecule has 1 N–H and O–H groups in total. The summed E-state index contributed by atoms with van der Waals surface area (Å²) in [4.78, 5) is 31.5. The number of carbonyl (C=O) groups excluding carboxylic acids is 2. The number of ether oxygens (including phenoxy) is 1. The third-order valence-corrected chi connectivity index (χ3v) is 8.30. The van der Waals surface area contributed by atoms with E-state index in [2.05, 4.69) is 87.6 Å². The molecule has 0 bridgehead atoms. The van der Waals surface area contributed by atoms with Gasteiger partial charge < -0.3 is 14.5 Å². The summed E-state index contributed by atoms with van der Waals surface area (Å²) in [6.07, 6.45) is 1.19. The van der Waals surface area contributed by atoms with Crippen LogP contribution in [0.5, 0.6) is 11.5 Å². The lowest BCUT2D eigenvalue weighted by Crippen LogP contribution is -2.55. The zero-order valence-corrected chi connectivity index (χ0v) is 24.3. The highest BCUT2D eigenvalue weighted by atomic mass is 16.5. The van der Waals surface area contributed by atoms with E-state index in [0.29, 0.717) is 17.1 Å². The summed E-state index contributed by atoms with van der Waals surface area (Å²) in [6.45, 7) is 19.8. The molecule has 7 heteroatoms. The van der Waals surface area contributed by atoms with E-state index in [0.717, 1.165) is 65.4 Å². The van der Waals surface area contributed by atoms with E-state index >= 15 is 0 Å². The van der Waals surface area contributed by atoms with Gasteiger partial charge in [-0.05, 0) is 76.9 Å². The van der Waals surface area contributed by atoms with Gasteiger partial charge in [0.05, 0.1) is 0 Å². The molecule has 0 saturated heterocycles. The average Bonchev–Trinajstić information content (AvgIpc) is 3.20. The summed E-state index contributed by atoms with van der Waals surface area (Å²) in [6, 6.07) is 16.0. The zero-order chi connectivity index (χ0) is 28.8. The van der Waals surface area contributed by atoms with Crippen molar-refractivity contribution >= 4 is 23.2 Å². The molecule has 0 radical (unpaired) electrons. The minimum atomic E-state index is -1.13. The smallest absolute Gasteiger partial charge is 0.274 e. The van der Waals surface area contributed by atoms with Crippen LogP contribution in [-0.2, 0) is 10.3 Å². The summed E-state index contributed by atoms with van der Waals surface area (Å²) in [5.41, 5.74) is 9.01. The van der Waals surface area contributed by atoms with Crippen LogP contribution in [0.3, 0.4) is 0 Å². The average molecular weight is 539 g/mol. The number of nitrogens with zero attached hydrogens (tertiary/aromatic N) is 3. The van der Waals surface area contributed by atoms with Crippen LogP contribution in [0.1, 0.15) is 65.9 Å². The van der Waals surface area contributed by atoms with Gasteiger partial charge in [0.25, 0.3) is 11.8 Å². The molecular formula is C33H38N4O3. The zero-order valence-electron chi connectivity index (χ0n) is 24.3. The molecule has 7 nitrogen and oxygen atoms in total. The topological polar surface area (TPSA) is 65.1 Å². The number of hydrogen-bond donors (Lipinski definition) is 1. The molecule has 2 heterocycles. The highest BCUT2D eigenvalue weighted by Gasteiger charge is 2.57. The van der Waals surface area contributed by atoms with Gasteiger partial charge in [-0.25, -0.2) is 5.01 Å². The summed E-state index contributed by atoms with van der Waals surface area (Å²) in [5.74, 6) is 0.594. The van der Waals surface area contributed by atoms with Crippen LogP contribution >= 0.6 is 0 Å².